The summed E-state index contributed by atoms with van der Waals surface area (Å²) in [4.78, 5) is 12.8. The zero-order valence-electron chi connectivity index (χ0n) is 7.48. The van der Waals surface area contributed by atoms with Crippen molar-refractivity contribution in [2.75, 3.05) is 13.1 Å². The van der Waals surface area contributed by atoms with E-state index in [1.165, 1.54) is 4.90 Å². The molecule has 1 heterocycles. The van der Waals surface area contributed by atoms with Crippen LogP contribution in [-0.4, -0.2) is 51.1 Å². The molecular weight excluding hydrogens is 238 g/mol. The molecule has 1 amide bonds. The Balaban J connectivity index is 2.50. The average molecular weight is 252 g/mol. The van der Waals surface area contributed by atoms with Crippen molar-refractivity contribution in [3.8, 4) is 0 Å². The number of amides is 1. The van der Waals surface area contributed by atoms with Crippen molar-refractivity contribution in [1.29, 1.82) is 0 Å². The molecule has 0 aromatic rings. The molecule has 1 unspecified atom stereocenters. The molecule has 0 spiro atoms. The third-order valence-electron chi connectivity index (χ3n) is 2.20. The summed E-state index contributed by atoms with van der Waals surface area (Å²) in [5, 5.41) is 18.4. The zero-order chi connectivity index (χ0) is 10.0. The van der Waals surface area contributed by atoms with Crippen LogP contribution in [0.1, 0.15) is 13.3 Å². The maximum absolute atomic E-state index is 11.5. The summed E-state index contributed by atoms with van der Waals surface area (Å²) in [5.41, 5.74) is 0. The van der Waals surface area contributed by atoms with Crippen LogP contribution in [0, 0.1) is 0 Å². The van der Waals surface area contributed by atoms with Gasteiger partial charge in [-0.2, -0.15) is 0 Å². The number of hydrogen-bond acceptors (Lipinski definition) is 3. The Labute approximate surface area is 85.7 Å². The first-order chi connectivity index (χ1) is 6.06. The minimum Gasteiger partial charge on any atom is -0.388 e. The normalized spacial score (nSPS) is 30.6. The molecule has 1 rings (SSSR count). The largest absolute Gasteiger partial charge is 0.388 e. The van der Waals surface area contributed by atoms with Gasteiger partial charge in [-0.25, -0.2) is 0 Å². The van der Waals surface area contributed by atoms with E-state index in [2.05, 4.69) is 15.9 Å². The lowest BCUT2D eigenvalue weighted by atomic mass is 10.3. The number of rotatable bonds is 2. The Morgan fingerprint density at radius 2 is 2.00 bits per heavy atom. The average Bonchev–Trinajstić information content (AvgIpc) is 2.44. The fraction of sp³-hybridized carbons (Fsp3) is 0.875. The molecule has 1 saturated heterocycles. The highest BCUT2D eigenvalue weighted by molar-refractivity contribution is 9.10. The highest BCUT2D eigenvalue weighted by Crippen LogP contribution is 2.15. The minimum absolute atomic E-state index is 0.0573. The topological polar surface area (TPSA) is 60.8 Å². The molecule has 0 radical (unpaired) electrons. The van der Waals surface area contributed by atoms with Crippen molar-refractivity contribution in [2.24, 2.45) is 0 Å². The highest BCUT2D eigenvalue weighted by atomic mass is 79.9. The SMILES string of the molecule is CCC(Br)C(=O)N1C[C@@H](O)[C@@H](O)C1. The van der Waals surface area contributed by atoms with Crippen LogP contribution < -0.4 is 0 Å². The number of likely N-dealkylation sites (tertiary alicyclic amines) is 1. The van der Waals surface area contributed by atoms with Gasteiger partial charge in [-0.15, -0.1) is 0 Å². The second-order valence-corrected chi connectivity index (χ2v) is 4.36. The van der Waals surface area contributed by atoms with Gasteiger partial charge in [-0.05, 0) is 6.42 Å². The fourth-order valence-electron chi connectivity index (χ4n) is 1.32. The molecule has 0 aliphatic carbocycles. The maximum Gasteiger partial charge on any atom is 0.236 e. The Kier molecular flexibility index (Phi) is 3.70. The number of carbonyl (C=O) groups excluding carboxylic acids is 1. The third-order valence-corrected chi connectivity index (χ3v) is 3.24. The monoisotopic (exact) mass is 251 g/mol. The van der Waals surface area contributed by atoms with Gasteiger partial charge in [0.2, 0.25) is 5.91 Å². The van der Waals surface area contributed by atoms with E-state index in [4.69, 9.17) is 0 Å². The maximum atomic E-state index is 11.5. The summed E-state index contributed by atoms with van der Waals surface area (Å²) in [6.45, 7) is 2.38. The Morgan fingerprint density at radius 1 is 1.54 bits per heavy atom. The molecule has 13 heavy (non-hydrogen) atoms. The first kappa shape index (κ1) is 10.9. The summed E-state index contributed by atoms with van der Waals surface area (Å²) >= 11 is 3.24. The summed E-state index contributed by atoms with van der Waals surface area (Å²) in [6, 6.07) is 0. The molecule has 0 aromatic carbocycles. The van der Waals surface area contributed by atoms with Gasteiger partial charge < -0.3 is 15.1 Å². The van der Waals surface area contributed by atoms with E-state index in [0.717, 1.165) is 0 Å². The number of aliphatic hydroxyl groups excluding tert-OH is 2. The second kappa shape index (κ2) is 4.39. The van der Waals surface area contributed by atoms with Crippen molar-refractivity contribution in [3.63, 3.8) is 0 Å². The van der Waals surface area contributed by atoms with Crippen LogP contribution in [0.3, 0.4) is 0 Å². The molecule has 76 valence electrons. The third kappa shape index (κ3) is 2.42. The molecule has 2 N–H and O–H groups in total. The molecule has 5 heteroatoms. The molecule has 1 fully saturated rings. The van der Waals surface area contributed by atoms with Crippen LogP contribution in [0.25, 0.3) is 0 Å². The molecule has 4 nitrogen and oxygen atoms in total. The summed E-state index contributed by atoms with van der Waals surface area (Å²) < 4.78 is 0. The van der Waals surface area contributed by atoms with E-state index in [9.17, 15) is 15.0 Å². The minimum atomic E-state index is -0.791. The van der Waals surface area contributed by atoms with Gasteiger partial charge in [0.15, 0.2) is 0 Å². The lowest BCUT2D eigenvalue weighted by Gasteiger charge is -2.17. The first-order valence-electron chi connectivity index (χ1n) is 4.35. The van der Waals surface area contributed by atoms with Crippen molar-refractivity contribution in [2.45, 2.75) is 30.4 Å². The van der Waals surface area contributed by atoms with E-state index in [1.54, 1.807) is 0 Å². The molecule has 3 atom stereocenters. The van der Waals surface area contributed by atoms with Crippen molar-refractivity contribution < 1.29 is 15.0 Å². The van der Waals surface area contributed by atoms with Gasteiger partial charge in [-0.3, -0.25) is 4.79 Å². The van der Waals surface area contributed by atoms with Crippen LogP contribution in [-0.2, 0) is 4.79 Å². The van der Waals surface area contributed by atoms with Crippen molar-refractivity contribution in [1.82, 2.24) is 4.90 Å². The van der Waals surface area contributed by atoms with Crippen LogP contribution in [0.2, 0.25) is 0 Å². The Morgan fingerprint density at radius 3 is 2.38 bits per heavy atom. The smallest absolute Gasteiger partial charge is 0.236 e. The number of carbonyl (C=O) groups is 1. The molecular formula is C8H14BrNO3. The van der Waals surface area contributed by atoms with Crippen molar-refractivity contribution in [3.05, 3.63) is 0 Å². The quantitative estimate of drug-likeness (QED) is 0.665. The van der Waals surface area contributed by atoms with Gasteiger partial charge >= 0.3 is 0 Å². The van der Waals surface area contributed by atoms with Gasteiger partial charge in [0.05, 0.1) is 17.0 Å². The van der Waals surface area contributed by atoms with E-state index in [-0.39, 0.29) is 23.8 Å². The second-order valence-electron chi connectivity index (χ2n) is 3.25. The number of β-amino-alcohol motifs (C(OH)–C–C–N with tert-alkyl or cyclic N) is 2. The Hall–Kier alpha value is -0.130. The van der Waals surface area contributed by atoms with Gasteiger partial charge in [0, 0.05) is 13.1 Å². The van der Waals surface area contributed by atoms with Gasteiger partial charge in [-0.1, -0.05) is 22.9 Å². The predicted molar refractivity (Wildman–Crippen MR) is 51.6 cm³/mol. The van der Waals surface area contributed by atoms with Gasteiger partial charge in [0.25, 0.3) is 0 Å². The van der Waals surface area contributed by atoms with Crippen LogP contribution in [0.4, 0.5) is 0 Å². The van der Waals surface area contributed by atoms with E-state index >= 15 is 0 Å². The number of nitrogens with zero attached hydrogens (tertiary/aromatic N) is 1. The lowest BCUT2D eigenvalue weighted by Crippen LogP contribution is -2.35. The molecule has 1 aliphatic rings. The molecule has 1 aliphatic heterocycles. The summed E-state index contributed by atoms with van der Waals surface area (Å²) in [5.74, 6) is -0.0573. The fourth-order valence-corrected chi connectivity index (χ4v) is 1.61. The van der Waals surface area contributed by atoms with Crippen molar-refractivity contribution >= 4 is 21.8 Å². The highest BCUT2D eigenvalue weighted by Gasteiger charge is 2.34. The number of hydrogen-bond donors (Lipinski definition) is 2. The lowest BCUT2D eigenvalue weighted by molar-refractivity contribution is -0.130. The molecule has 0 aromatic heterocycles. The van der Waals surface area contributed by atoms with E-state index in [0.29, 0.717) is 6.42 Å². The van der Waals surface area contributed by atoms with Crippen LogP contribution >= 0.6 is 15.9 Å². The summed E-state index contributed by atoms with van der Waals surface area (Å²) in [7, 11) is 0. The number of halogens is 1. The van der Waals surface area contributed by atoms with E-state index < -0.39 is 12.2 Å². The van der Waals surface area contributed by atoms with Crippen LogP contribution in [0.5, 0.6) is 0 Å². The summed E-state index contributed by atoms with van der Waals surface area (Å²) in [6.07, 6.45) is -0.873. The predicted octanol–water partition coefficient (Wildman–Crippen LogP) is -0.276. The van der Waals surface area contributed by atoms with E-state index in [1.807, 2.05) is 6.92 Å². The van der Waals surface area contributed by atoms with Crippen LogP contribution in [0.15, 0.2) is 0 Å². The molecule has 0 saturated carbocycles. The Bertz CT molecular complexity index is 190. The standard InChI is InChI=1S/C8H14BrNO3/c1-2-5(9)8(13)10-3-6(11)7(12)4-10/h5-7,11-12H,2-4H2,1H3/t5?,6-,7+. The number of alkyl halides is 1. The molecule has 0 bridgehead atoms. The zero-order valence-corrected chi connectivity index (χ0v) is 9.07. The van der Waals surface area contributed by atoms with Gasteiger partial charge in [0.1, 0.15) is 0 Å². The number of aliphatic hydroxyl groups is 2. The first-order valence-corrected chi connectivity index (χ1v) is 5.26.